The van der Waals surface area contributed by atoms with Gasteiger partial charge in [-0.15, -0.1) is 0 Å². The molecule has 4 nitrogen and oxygen atoms in total. The van der Waals surface area contributed by atoms with Crippen LogP contribution in [0.15, 0.2) is 60.7 Å². The maximum Gasteiger partial charge on any atom is 0.309 e. The molecule has 0 spiro atoms. The first-order chi connectivity index (χ1) is 13.6. The molecule has 0 unspecified atom stereocenters. The van der Waals surface area contributed by atoms with Crippen molar-refractivity contribution in [1.82, 2.24) is 10.6 Å². The largest absolute Gasteiger partial charge is 0.347 e. The summed E-state index contributed by atoms with van der Waals surface area (Å²) in [6.07, 6.45) is 6.09. The van der Waals surface area contributed by atoms with Gasteiger partial charge in [-0.25, -0.2) is 0 Å². The van der Waals surface area contributed by atoms with Crippen LogP contribution in [0.2, 0.25) is 0 Å². The number of carbonyl (C=O) groups excluding carboxylic acids is 2. The molecule has 0 heterocycles. The molecule has 0 saturated heterocycles. The highest BCUT2D eigenvalue weighted by Crippen LogP contribution is 2.40. The van der Waals surface area contributed by atoms with Gasteiger partial charge in [0, 0.05) is 18.0 Å². The van der Waals surface area contributed by atoms with Crippen LogP contribution < -0.4 is 10.6 Å². The number of carbonyl (C=O) groups is 2. The molecule has 1 aliphatic carbocycles. The number of rotatable bonds is 7. The molecule has 0 radical (unpaired) electrons. The van der Waals surface area contributed by atoms with Gasteiger partial charge in [0.2, 0.25) is 0 Å². The maximum absolute atomic E-state index is 12.4. The Balaban J connectivity index is 1.49. The average Bonchev–Trinajstić information content (AvgIpc) is 3.22. The summed E-state index contributed by atoms with van der Waals surface area (Å²) in [7, 11) is 0. The normalized spacial score (nSPS) is 16.3. The Morgan fingerprint density at radius 3 is 2.18 bits per heavy atom. The minimum Gasteiger partial charge on any atom is -0.347 e. The van der Waals surface area contributed by atoms with Crippen LogP contribution in [-0.2, 0) is 21.4 Å². The molecule has 0 bridgehead atoms. The first-order valence-corrected chi connectivity index (χ1v) is 10.3. The second-order valence-corrected chi connectivity index (χ2v) is 7.93. The van der Waals surface area contributed by atoms with Crippen molar-refractivity contribution in [3.8, 4) is 0 Å². The second kappa shape index (κ2) is 9.54. The summed E-state index contributed by atoms with van der Waals surface area (Å²) in [4.78, 5) is 24.6. The molecule has 0 aliphatic heterocycles. The van der Waals surface area contributed by atoms with Gasteiger partial charge in [0.25, 0.3) is 0 Å². The van der Waals surface area contributed by atoms with E-state index in [9.17, 15) is 9.59 Å². The van der Waals surface area contributed by atoms with E-state index >= 15 is 0 Å². The van der Waals surface area contributed by atoms with Gasteiger partial charge in [0.05, 0.1) is 0 Å². The molecule has 2 aromatic rings. The summed E-state index contributed by atoms with van der Waals surface area (Å²) < 4.78 is 0. The first-order valence-electron chi connectivity index (χ1n) is 10.3. The molecule has 0 aromatic heterocycles. The third kappa shape index (κ3) is 5.22. The Kier molecular flexibility index (Phi) is 6.85. The molecular formula is C24H30N2O2. The summed E-state index contributed by atoms with van der Waals surface area (Å²) in [6, 6.07) is 20.5. The fourth-order valence-corrected chi connectivity index (χ4v) is 4.13. The zero-order chi connectivity index (χ0) is 19.8. The topological polar surface area (TPSA) is 58.2 Å². The third-order valence-corrected chi connectivity index (χ3v) is 5.83. The molecule has 2 N–H and O–H groups in total. The van der Waals surface area contributed by atoms with Crippen LogP contribution in [0, 0.1) is 0 Å². The summed E-state index contributed by atoms with van der Waals surface area (Å²) >= 11 is 0. The third-order valence-electron chi connectivity index (χ3n) is 5.83. The lowest BCUT2D eigenvalue weighted by atomic mass is 9.79. The Bertz CT molecular complexity index is 768. The highest BCUT2D eigenvalue weighted by Gasteiger charge is 2.36. The van der Waals surface area contributed by atoms with Gasteiger partial charge < -0.3 is 10.6 Å². The van der Waals surface area contributed by atoms with Crippen LogP contribution in [0.5, 0.6) is 0 Å². The van der Waals surface area contributed by atoms with E-state index in [0.717, 1.165) is 38.5 Å². The van der Waals surface area contributed by atoms with Gasteiger partial charge >= 0.3 is 11.8 Å². The quantitative estimate of drug-likeness (QED) is 0.721. The number of hydrogen-bond donors (Lipinski definition) is 2. The number of benzene rings is 2. The summed E-state index contributed by atoms with van der Waals surface area (Å²) in [6.45, 7) is 2.46. The fourth-order valence-electron chi connectivity index (χ4n) is 4.13. The predicted octanol–water partition coefficient (Wildman–Crippen LogP) is 3.75. The minimum absolute atomic E-state index is 0.0455. The van der Waals surface area contributed by atoms with E-state index in [1.54, 1.807) is 0 Å². The van der Waals surface area contributed by atoms with Crippen LogP contribution >= 0.6 is 0 Å². The van der Waals surface area contributed by atoms with E-state index in [1.165, 1.54) is 11.1 Å². The van der Waals surface area contributed by atoms with Gasteiger partial charge in [-0.05, 0) is 43.7 Å². The van der Waals surface area contributed by atoms with Crippen molar-refractivity contribution in [3.63, 3.8) is 0 Å². The van der Waals surface area contributed by atoms with Crippen molar-refractivity contribution in [2.75, 3.05) is 6.54 Å². The van der Waals surface area contributed by atoms with Crippen molar-refractivity contribution < 1.29 is 9.59 Å². The molecule has 3 rings (SSSR count). The number of amides is 2. The SMILES string of the molecule is C[C@@H](CCc1ccccc1)NC(=O)C(=O)NCC1(c2ccccc2)CCCC1. The lowest BCUT2D eigenvalue weighted by Gasteiger charge is -2.30. The lowest BCUT2D eigenvalue weighted by molar-refractivity contribution is -0.139. The predicted molar refractivity (Wildman–Crippen MR) is 112 cm³/mol. The molecule has 1 saturated carbocycles. The van der Waals surface area contributed by atoms with Crippen molar-refractivity contribution in [2.24, 2.45) is 0 Å². The van der Waals surface area contributed by atoms with E-state index in [-0.39, 0.29) is 11.5 Å². The molecule has 2 aromatic carbocycles. The first kappa shape index (κ1) is 20.1. The van der Waals surface area contributed by atoms with Crippen LogP contribution in [-0.4, -0.2) is 24.4 Å². The summed E-state index contributed by atoms with van der Waals surface area (Å²) in [5.74, 6) is -1.07. The van der Waals surface area contributed by atoms with Crippen LogP contribution in [0.3, 0.4) is 0 Å². The van der Waals surface area contributed by atoms with Crippen molar-refractivity contribution >= 4 is 11.8 Å². The number of nitrogens with one attached hydrogen (secondary N) is 2. The zero-order valence-electron chi connectivity index (χ0n) is 16.6. The highest BCUT2D eigenvalue weighted by atomic mass is 16.2. The number of hydrogen-bond acceptors (Lipinski definition) is 2. The maximum atomic E-state index is 12.4. The zero-order valence-corrected chi connectivity index (χ0v) is 16.6. The Hall–Kier alpha value is -2.62. The van der Waals surface area contributed by atoms with Gasteiger partial charge in [-0.3, -0.25) is 9.59 Å². The summed E-state index contributed by atoms with van der Waals surface area (Å²) in [5, 5.41) is 5.72. The standard InChI is InChI=1S/C24H30N2O2/c1-19(14-15-20-10-4-2-5-11-20)26-23(28)22(27)25-18-24(16-8-9-17-24)21-12-6-3-7-13-21/h2-7,10-13,19H,8-9,14-18H2,1H3,(H,25,27)(H,26,28)/t19-/m0/s1. The van der Waals surface area contributed by atoms with Crippen molar-refractivity contribution in [2.45, 2.75) is 56.9 Å². The highest BCUT2D eigenvalue weighted by molar-refractivity contribution is 6.35. The van der Waals surface area contributed by atoms with Crippen LogP contribution in [0.1, 0.15) is 50.2 Å². The Morgan fingerprint density at radius 2 is 1.54 bits per heavy atom. The molecular weight excluding hydrogens is 348 g/mol. The van der Waals surface area contributed by atoms with Crippen molar-refractivity contribution in [3.05, 3.63) is 71.8 Å². The van der Waals surface area contributed by atoms with Crippen molar-refractivity contribution in [1.29, 1.82) is 0 Å². The molecule has 2 amide bonds. The fraction of sp³-hybridized carbons (Fsp3) is 0.417. The van der Waals surface area contributed by atoms with E-state index in [4.69, 9.17) is 0 Å². The van der Waals surface area contributed by atoms with Gasteiger partial charge in [-0.2, -0.15) is 0 Å². The van der Waals surface area contributed by atoms with E-state index in [2.05, 4.69) is 34.9 Å². The average molecular weight is 379 g/mol. The molecule has 148 valence electrons. The van der Waals surface area contributed by atoms with Gasteiger partial charge in [0.1, 0.15) is 0 Å². The van der Waals surface area contributed by atoms with E-state index < -0.39 is 11.8 Å². The van der Waals surface area contributed by atoms with Gasteiger partial charge in [-0.1, -0.05) is 73.5 Å². The lowest BCUT2D eigenvalue weighted by Crippen LogP contribution is -2.47. The summed E-state index contributed by atoms with van der Waals surface area (Å²) in [5.41, 5.74) is 2.44. The Morgan fingerprint density at radius 1 is 0.929 bits per heavy atom. The van der Waals surface area contributed by atoms with E-state index in [1.807, 2.05) is 43.3 Å². The van der Waals surface area contributed by atoms with Gasteiger partial charge in [0.15, 0.2) is 0 Å². The molecule has 1 fully saturated rings. The number of aryl methyl sites for hydroxylation is 1. The molecule has 4 heteroatoms. The second-order valence-electron chi connectivity index (χ2n) is 7.93. The van der Waals surface area contributed by atoms with Crippen LogP contribution in [0.25, 0.3) is 0 Å². The minimum atomic E-state index is -0.540. The molecule has 28 heavy (non-hydrogen) atoms. The smallest absolute Gasteiger partial charge is 0.309 e. The monoisotopic (exact) mass is 378 g/mol. The van der Waals surface area contributed by atoms with E-state index in [0.29, 0.717) is 6.54 Å². The van der Waals surface area contributed by atoms with Crippen LogP contribution in [0.4, 0.5) is 0 Å². The molecule has 1 atom stereocenters. The molecule has 1 aliphatic rings. The Labute approximate surface area is 167 Å².